The number of aromatic nitrogens is 2. The Kier molecular flexibility index (Phi) is 6.07. The minimum atomic E-state index is -4.00. The van der Waals surface area contributed by atoms with Crippen molar-refractivity contribution in [3.05, 3.63) is 52.9 Å². The Morgan fingerprint density at radius 2 is 1.94 bits per heavy atom. The van der Waals surface area contributed by atoms with Gasteiger partial charge in [0.05, 0.1) is 17.7 Å². The maximum Gasteiger partial charge on any atom is 0.316 e. The quantitative estimate of drug-likeness (QED) is 0.576. The highest BCUT2D eigenvalue weighted by Gasteiger charge is 2.26. The van der Waals surface area contributed by atoms with Crippen LogP contribution in [-0.4, -0.2) is 49.6 Å². The van der Waals surface area contributed by atoms with E-state index in [2.05, 4.69) is 14.9 Å². The molecule has 4 rings (SSSR count). The number of benzene rings is 2. The summed E-state index contributed by atoms with van der Waals surface area (Å²) in [6.07, 6.45) is 1.88. The van der Waals surface area contributed by atoms with Crippen LogP contribution in [0, 0.1) is 6.92 Å². The third-order valence-corrected chi connectivity index (χ3v) is 6.89. The Balaban J connectivity index is 1.64. The summed E-state index contributed by atoms with van der Waals surface area (Å²) in [4.78, 5) is 18.3. The molecule has 1 N–H and O–H groups in total. The average molecular weight is 477 g/mol. The highest BCUT2D eigenvalue weighted by molar-refractivity contribution is 7.92. The number of hydrogen-bond acceptors (Lipinski definition) is 7. The zero-order chi connectivity index (χ0) is 22.9. The van der Waals surface area contributed by atoms with Crippen LogP contribution in [-0.2, 0) is 10.0 Å². The second-order valence-corrected chi connectivity index (χ2v) is 9.44. The first-order chi connectivity index (χ1) is 15.3. The number of methoxy groups -OCH3 is 1. The predicted octanol–water partition coefficient (Wildman–Crippen LogP) is 3.74. The minimum Gasteiger partial charge on any atom is -0.495 e. The second kappa shape index (κ2) is 8.79. The fourth-order valence-electron chi connectivity index (χ4n) is 3.47. The van der Waals surface area contributed by atoms with E-state index in [1.165, 1.54) is 19.2 Å². The Bertz CT molecular complexity index is 1270. The number of carbonyl (C=O) groups excluding carboxylic acids is 1. The largest absolute Gasteiger partial charge is 0.495 e. The third-order valence-electron chi connectivity index (χ3n) is 5.14. The summed E-state index contributed by atoms with van der Waals surface area (Å²) in [6, 6.07) is 9.37. The van der Waals surface area contributed by atoms with Gasteiger partial charge in [0.2, 0.25) is 5.82 Å². The summed E-state index contributed by atoms with van der Waals surface area (Å²) >= 11 is 6.01. The van der Waals surface area contributed by atoms with Crippen LogP contribution in [0.15, 0.2) is 45.8 Å². The predicted molar refractivity (Wildman–Crippen MR) is 118 cm³/mol. The summed E-state index contributed by atoms with van der Waals surface area (Å²) in [5.74, 6) is 0.0175. The number of ether oxygens (including phenoxy) is 1. The molecule has 1 aromatic heterocycles. The molecule has 0 saturated carbocycles. The minimum absolute atomic E-state index is 0.0225. The molecule has 0 aliphatic carbocycles. The van der Waals surface area contributed by atoms with Crippen LogP contribution >= 0.6 is 11.6 Å². The molecule has 0 atom stereocenters. The number of aryl methyl sites for hydroxylation is 1. The Morgan fingerprint density at radius 3 is 2.66 bits per heavy atom. The maximum atomic E-state index is 13.1. The molecule has 2 heterocycles. The lowest BCUT2D eigenvalue weighted by atomic mass is 10.1. The molecule has 32 heavy (non-hydrogen) atoms. The van der Waals surface area contributed by atoms with Crippen LogP contribution in [0.4, 0.5) is 5.69 Å². The van der Waals surface area contributed by atoms with Gasteiger partial charge in [-0.2, -0.15) is 4.98 Å². The van der Waals surface area contributed by atoms with E-state index < -0.39 is 10.0 Å². The molecule has 1 amide bonds. The molecule has 1 aliphatic heterocycles. The van der Waals surface area contributed by atoms with E-state index in [1.54, 1.807) is 36.1 Å². The van der Waals surface area contributed by atoms with Gasteiger partial charge in [0.25, 0.3) is 10.0 Å². The van der Waals surface area contributed by atoms with E-state index in [9.17, 15) is 13.2 Å². The molecule has 168 valence electrons. The van der Waals surface area contributed by atoms with Crippen molar-refractivity contribution in [1.82, 2.24) is 15.0 Å². The molecule has 1 saturated heterocycles. The normalized spacial score (nSPS) is 13.9. The van der Waals surface area contributed by atoms with Gasteiger partial charge >= 0.3 is 11.8 Å². The van der Waals surface area contributed by atoms with Gasteiger partial charge in [-0.05, 0) is 49.6 Å². The van der Waals surface area contributed by atoms with Crippen molar-refractivity contribution >= 4 is 33.2 Å². The lowest BCUT2D eigenvalue weighted by Gasteiger charge is -2.14. The van der Waals surface area contributed by atoms with Crippen LogP contribution in [0.1, 0.15) is 29.1 Å². The van der Waals surface area contributed by atoms with Crippen molar-refractivity contribution in [2.24, 2.45) is 0 Å². The topological polar surface area (TPSA) is 115 Å². The molecule has 3 aromatic rings. The van der Waals surface area contributed by atoms with E-state index in [0.29, 0.717) is 35.0 Å². The van der Waals surface area contributed by atoms with Crippen molar-refractivity contribution < 1.29 is 22.5 Å². The molecule has 1 fully saturated rings. The van der Waals surface area contributed by atoms with Gasteiger partial charge in [0, 0.05) is 23.7 Å². The summed E-state index contributed by atoms with van der Waals surface area (Å²) in [5.41, 5.74) is 1.13. The number of nitrogens with zero attached hydrogens (tertiary/aromatic N) is 3. The first-order valence-corrected chi connectivity index (χ1v) is 11.7. The number of hydrogen-bond donors (Lipinski definition) is 1. The number of amides is 1. The van der Waals surface area contributed by atoms with E-state index in [0.717, 1.165) is 12.8 Å². The number of sulfonamides is 1. The van der Waals surface area contributed by atoms with Crippen LogP contribution < -0.4 is 9.46 Å². The third kappa shape index (κ3) is 4.42. The van der Waals surface area contributed by atoms with Gasteiger partial charge < -0.3 is 14.2 Å². The monoisotopic (exact) mass is 476 g/mol. The summed E-state index contributed by atoms with van der Waals surface area (Å²) in [7, 11) is -2.56. The summed E-state index contributed by atoms with van der Waals surface area (Å²) in [5, 5.41) is 4.23. The van der Waals surface area contributed by atoms with Crippen molar-refractivity contribution in [3.63, 3.8) is 0 Å². The molecular formula is C21H21ClN4O5S. The number of halogens is 1. The van der Waals surface area contributed by atoms with Crippen molar-refractivity contribution in [3.8, 4) is 17.1 Å². The van der Waals surface area contributed by atoms with E-state index >= 15 is 0 Å². The molecule has 0 radical (unpaired) electrons. The number of nitrogens with one attached hydrogen (secondary N) is 1. The van der Waals surface area contributed by atoms with Crippen molar-refractivity contribution in [2.45, 2.75) is 24.7 Å². The van der Waals surface area contributed by atoms with E-state index in [-0.39, 0.29) is 28.2 Å². The number of carbonyl (C=O) groups is 1. The summed E-state index contributed by atoms with van der Waals surface area (Å²) < 4.78 is 39.1. The smallest absolute Gasteiger partial charge is 0.316 e. The molecule has 0 bridgehead atoms. The van der Waals surface area contributed by atoms with Gasteiger partial charge in [-0.25, -0.2) is 8.42 Å². The SMILES string of the molecule is COc1ccc(Cl)cc1NS(=O)(=O)c1cc(-c2noc(C(=O)N3CCCC3)n2)ccc1C. The molecule has 11 heteroatoms. The highest BCUT2D eigenvalue weighted by Crippen LogP contribution is 2.31. The van der Waals surface area contributed by atoms with Crippen molar-refractivity contribution in [1.29, 1.82) is 0 Å². The molecular weight excluding hydrogens is 456 g/mol. The van der Waals surface area contributed by atoms with Crippen molar-refractivity contribution in [2.75, 3.05) is 24.9 Å². The number of anilines is 1. The lowest BCUT2D eigenvalue weighted by Crippen LogP contribution is -2.27. The van der Waals surface area contributed by atoms with Crippen LogP contribution in [0.2, 0.25) is 5.02 Å². The van der Waals surface area contributed by atoms with E-state index in [1.807, 2.05) is 0 Å². The van der Waals surface area contributed by atoms with Gasteiger partial charge in [-0.3, -0.25) is 9.52 Å². The number of likely N-dealkylation sites (tertiary alicyclic amines) is 1. The standard InChI is InChI=1S/C21H21ClN4O5S/c1-13-5-6-14(19-23-20(31-24-19)21(27)26-9-3-4-10-26)11-18(13)32(28,29)25-16-12-15(22)7-8-17(16)30-2/h5-8,11-12,25H,3-4,9-10H2,1-2H3. The van der Waals surface area contributed by atoms with E-state index in [4.69, 9.17) is 20.9 Å². The van der Waals surface area contributed by atoms with Gasteiger partial charge in [-0.1, -0.05) is 28.9 Å². The second-order valence-electron chi connectivity index (χ2n) is 7.35. The number of rotatable bonds is 6. The van der Waals surface area contributed by atoms with Gasteiger partial charge in [0.1, 0.15) is 5.75 Å². The van der Waals surface area contributed by atoms with Gasteiger partial charge in [0.15, 0.2) is 0 Å². The zero-order valence-electron chi connectivity index (χ0n) is 17.5. The molecule has 2 aromatic carbocycles. The first kappa shape index (κ1) is 22.1. The van der Waals surface area contributed by atoms with Crippen LogP contribution in [0.3, 0.4) is 0 Å². The highest BCUT2D eigenvalue weighted by atomic mass is 35.5. The molecule has 0 unspecified atom stereocenters. The lowest BCUT2D eigenvalue weighted by molar-refractivity contribution is 0.0743. The summed E-state index contributed by atoms with van der Waals surface area (Å²) in [6.45, 7) is 2.98. The Morgan fingerprint density at radius 1 is 1.19 bits per heavy atom. The zero-order valence-corrected chi connectivity index (χ0v) is 19.0. The molecule has 9 nitrogen and oxygen atoms in total. The fourth-order valence-corrected chi connectivity index (χ4v) is 4.98. The Labute approximate surface area is 190 Å². The van der Waals surface area contributed by atoms with Gasteiger partial charge in [-0.15, -0.1) is 0 Å². The first-order valence-electron chi connectivity index (χ1n) is 9.89. The van der Waals surface area contributed by atoms with Crippen LogP contribution in [0.25, 0.3) is 11.4 Å². The average Bonchev–Trinajstić information content (AvgIpc) is 3.46. The van der Waals surface area contributed by atoms with Crippen LogP contribution in [0.5, 0.6) is 5.75 Å². The fraction of sp³-hybridized carbons (Fsp3) is 0.286. The maximum absolute atomic E-state index is 13.1. The Hall–Kier alpha value is -3.11. The molecule has 1 aliphatic rings. The molecule has 0 spiro atoms.